The topological polar surface area (TPSA) is 114 Å². The summed E-state index contributed by atoms with van der Waals surface area (Å²) in [5, 5.41) is 4.00. The van der Waals surface area contributed by atoms with Gasteiger partial charge in [-0.1, -0.05) is 35.5 Å². The van der Waals surface area contributed by atoms with Crippen molar-refractivity contribution in [3.8, 4) is 11.4 Å². The second kappa shape index (κ2) is 7.02. The third-order valence-electron chi connectivity index (χ3n) is 4.52. The highest BCUT2D eigenvalue weighted by molar-refractivity contribution is 5.77. The molecule has 1 amide bonds. The Balaban J connectivity index is 1.31. The van der Waals surface area contributed by atoms with Crippen LogP contribution >= 0.6 is 0 Å². The first-order valence-electron chi connectivity index (χ1n) is 8.57. The number of rotatable bonds is 5. The number of likely N-dealkylation sites (tertiary alicyclic amines) is 1. The minimum Gasteiger partial charge on any atom is -0.341 e. The van der Waals surface area contributed by atoms with Gasteiger partial charge < -0.3 is 14.0 Å². The van der Waals surface area contributed by atoms with Crippen LogP contribution in [0.4, 0.5) is 0 Å². The van der Waals surface area contributed by atoms with E-state index in [0.717, 1.165) is 5.56 Å². The number of aromatic nitrogens is 4. The van der Waals surface area contributed by atoms with E-state index in [4.69, 9.17) is 4.52 Å². The standard InChI is InChI=1S/C18H17N5O4/c24-14-6-8-22(18(26)19-14)9-7-15(25)23-10-13(11-23)17-20-16(21-27-17)12-4-2-1-3-5-12/h1-6,8,13H,7,9-11H2,(H,19,24,26). The van der Waals surface area contributed by atoms with Crippen molar-refractivity contribution in [3.63, 3.8) is 0 Å². The molecule has 1 aliphatic heterocycles. The first-order valence-corrected chi connectivity index (χ1v) is 8.57. The monoisotopic (exact) mass is 367 g/mol. The van der Waals surface area contributed by atoms with Gasteiger partial charge in [-0.05, 0) is 0 Å². The molecule has 138 valence electrons. The number of amides is 1. The van der Waals surface area contributed by atoms with Crippen LogP contribution in [0.15, 0.2) is 56.7 Å². The minimum absolute atomic E-state index is 0.0229. The van der Waals surface area contributed by atoms with Gasteiger partial charge in [-0.25, -0.2) is 4.79 Å². The number of hydrogen-bond donors (Lipinski definition) is 1. The SMILES string of the molecule is O=C(CCn1ccc(=O)[nH]c1=O)N1CC(c2nc(-c3ccccc3)no2)C1. The van der Waals surface area contributed by atoms with Crippen molar-refractivity contribution in [1.82, 2.24) is 24.6 Å². The van der Waals surface area contributed by atoms with Crippen LogP contribution in [0.25, 0.3) is 11.4 Å². The molecule has 3 heterocycles. The van der Waals surface area contributed by atoms with Crippen LogP contribution in [0, 0.1) is 0 Å². The van der Waals surface area contributed by atoms with Crippen molar-refractivity contribution in [2.24, 2.45) is 0 Å². The van der Waals surface area contributed by atoms with E-state index < -0.39 is 11.2 Å². The van der Waals surface area contributed by atoms with E-state index in [1.807, 2.05) is 30.3 Å². The molecule has 4 rings (SSSR count). The molecule has 0 spiro atoms. The maximum Gasteiger partial charge on any atom is 0.328 e. The number of nitrogens with one attached hydrogen (secondary N) is 1. The Morgan fingerprint density at radius 3 is 2.70 bits per heavy atom. The quantitative estimate of drug-likeness (QED) is 0.706. The molecule has 9 nitrogen and oxygen atoms in total. The third-order valence-corrected chi connectivity index (χ3v) is 4.52. The zero-order chi connectivity index (χ0) is 18.8. The lowest BCUT2D eigenvalue weighted by molar-refractivity contribution is -0.136. The van der Waals surface area contributed by atoms with E-state index >= 15 is 0 Å². The van der Waals surface area contributed by atoms with Gasteiger partial charge in [0.15, 0.2) is 0 Å². The van der Waals surface area contributed by atoms with Crippen molar-refractivity contribution in [3.05, 3.63) is 69.3 Å². The summed E-state index contributed by atoms with van der Waals surface area (Å²) < 4.78 is 6.64. The maximum absolute atomic E-state index is 12.3. The lowest BCUT2D eigenvalue weighted by atomic mass is 9.99. The smallest absolute Gasteiger partial charge is 0.328 e. The van der Waals surface area contributed by atoms with Crippen molar-refractivity contribution in [2.45, 2.75) is 18.9 Å². The molecule has 9 heteroatoms. The van der Waals surface area contributed by atoms with Gasteiger partial charge in [-0.15, -0.1) is 0 Å². The Morgan fingerprint density at radius 1 is 1.19 bits per heavy atom. The van der Waals surface area contributed by atoms with Crippen LogP contribution in [0.5, 0.6) is 0 Å². The van der Waals surface area contributed by atoms with Crippen LogP contribution in [-0.2, 0) is 11.3 Å². The summed E-state index contributed by atoms with van der Waals surface area (Å²) in [6.45, 7) is 1.24. The van der Waals surface area contributed by atoms with Crippen LogP contribution in [0.2, 0.25) is 0 Å². The van der Waals surface area contributed by atoms with E-state index in [1.54, 1.807) is 4.90 Å². The fraction of sp³-hybridized carbons (Fsp3) is 0.278. The summed E-state index contributed by atoms with van der Waals surface area (Å²) in [6, 6.07) is 10.8. The van der Waals surface area contributed by atoms with E-state index in [2.05, 4.69) is 15.1 Å². The summed E-state index contributed by atoms with van der Waals surface area (Å²) >= 11 is 0. The second-order valence-electron chi connectivity index (χ2n) is 6.37. The molecule has 1 aromatic carbocycles. The first-order chi connectivity index (χ1) is 13.1. The molecular formula is C18H17N5O4. The third kappa shape index (κ3) is 3.57. The number of aryl methyl sites for hydroxylation is 1. The maximum atomic E-state index is 12.3. The molecule has 1 N–H and O–H groups in total. The predicted molar refractivity (Wildman–Crippen MR) is 95.0 cm³/mol. The summed E-state index contributed by atoms with van der Waals surface area (Å²) in [4.78, 5) is 43.2. The van der Waals surface area contributed by atoms with E-state index in [0.29, 0.717) is 24.8 Å². The Morgan fingerprint density at radius 2 is 1.96 bits per heavy atom. The fourth-order valence-corrected chi connectivity index (χ4v) is 2.94. The number of H-pyrrole nitrogens is 1. The highest BCUT2D eigenvalue weighted by atomic mass is 16.5. The van der Waals surface area contributed by atoms with Crippen LogP contribution in [-0.4, -0.2) is 43.6 Å². The molecule has 0 radical (unpaired) electrons. The van der Waals surface area contributed by atoms with Gasteiger partial charge in [0.2, 0.25) is 17.6 Å². The Bertz CT molecular complexity index is 1060. The van der Waals surface area contributed by atoms with Crippen LogP contribution < -0.4 is 11.2 Å². The summed E-state index contributed by atoms with van der Waals surface area (Å²) in [6.07, 6.45) is 1.56. The summed E-state index contributed by atoms with van der Waals surface area (Å²) in [5.41, 5.74) is -0.0928. The lowest BCUT2D eigenvalue weighted by Crippen LogP contribution is -2.49. The van der Waals surface area contributed by atoms with Gasteiger partial charge in [0.1, 0.15) is 0 Å². The molecule has 0 saturated carbocycles. The van der Waals surface area contributed by atoms with Crippen LogP contribution in [0.3, 0.4) is 0 Å². The average Bonchev–Trinajstić information content (AvgIpc) is 3.10. The van der Waals surface area contributed by atoms with Crippen molar-refractivity contribution < 1.29 is 9.32 Å². The fourth-order valence-electron chi connectivity index (χ4n) is 2.94. The zero-order valence-corrected chi connectivity index (χ0v) is 14.4. The van der Waals surface area contributed by atoms with Crippen molar-refractivity contribution >= 4 is 5.91 Å². The van der Waals surface area contributed by atoms with E-state index in [1.165, 1.54) is 16.8 Å². The molecule has 0 unspecified atom stereocenters. The highest BCUT2D eigenvalue weighted by Gasteiger charge is 2.35. The van der Waals surface area contributed by atoms with Crippen molar-refractivity contribution in [1.29, 1.82) is 0 Å². The number of carbonyl (C=O) groups is 1. The van der Waals surface area contributed by atoms with Gasteiger partial charge in [0, 0.05) is 43.9 Å². The number of nitrogens with zero attached hydrogens (tertiary/aromatic N) is 4. The second-order valence-corrected chi connectivity index (χ2v) is 6.37. The number of aromatic amines is 1. The average molecular weight is 367 g/mol. The van der Waals surface area contributed by atoms with Gasteiger partial charge in [0.05, 0.1) is 5.92 Å². The molecule has 0 aliphatic carbocycles. The van der Waals surface area contributed by atoms with Gasteiger partial charge >= 0.3 is 5.69 Å². The van der Waals surface area contributed by atoms with E-state index in [9.17, 15) is 14.4 Å². The van der Waals surface area contributed by atoms with E-state index in [-0.39, 0.29) is 24.8 Å². The Hall–Kier alpha value is -3.49. The van der Waals surface area contributed by atoms with Crippen molar-refractivity contribution in [2.75, 3.05) is 13.1 Å². The predicted octanol–water partition coefficient (Wildman–Crippen LogP) is 0.603. The molecule has 27 heavy (non-hydrogen) atoms. The molecule has 1 fully saturated rings. The van der Waals surface area contributed by atoms with Gasteiger partial charge in [0.25, 0.3) is 5.56 Å². The normalized spacial score (nSPS) is 14.1. The largest absolute Gasteiger partial charge is 0.341 e. The molecule has 2 aromatic heterocycles. The molecule has 3 aromatic rings. The molecule has 0 bridgehead atoms. The van der Waals surface area contributed by atoms with Gasteiger partial charge in [-0.3, -0.25) is 14.6 Å². The number of hydrogen-bond acceptors (Lipinski definition) is 6. The first kappa shape index (κ1) is 17.0. The Labute approximate surface area is 153 Å². The molecule has 1 saturated heterocycles. The highest BCUT2D eigenvalue weighted by Crippen LogP contribution is 2.28. The Kier molecular flexibility index (Phi) is 4.41. The van der Waals surface area contributed by atoms with Crippen LogP contribution in [0.1, 0.15) is 18.2 Å². The minimum atomic E-state index is -0.518. The number of carbonyl (C=O) groups excluding carboxylic acids is 1. The summed E-state index contributed by atoms with van der Waals surface area (Å²) in [7, 11) is 0. The lowest BCUT2D eigenvalue weighted by Gasteiger charge is -2.37. The molecular weight excluding hydrogens is 350 g/mol. The number of benzene rings is 1. The zero-order valence-electron chi connectivity index (χ0n) is 14.4. The van der Waals surface area contributed by atoms with Gasteiger partial charge in [-0.2, -0.15) is 4.98 Å². The molecule has 1 aliphatic rings. The summed E-state index contributed by atoms with van der Waals surface area (Å²) in [5.74, 6) is 1.02. The molecule has 0 atom stereocenters.